The number of hydrogen-bond donors (Lipinski definition) is 2. The Morgan fingerprint density at radius 2 is 1.24 bits per heavy atom. The number of halogens is 3. The van der Waals surface area contributed by atoms with Crippen molar-refractivity contribution in [3.8, 4) is 0 Å². The average molecular weight is 420 g/mol. The van der Waals surface area contributed by atoms with Crippen molar-refractivity contribution < 1.29 is 21.6 Å². The van der Waals surface area contributed by atoms with E-state index in [1.807, 2.05) is 0 Å². The molecule has 0 spiro atoms. The molecule has 8 heteroatoms. The van der Waals surface area contributed by atoms with Crippen molar-refractivity contribution in [1.82, 2.24) is 4.72 Å². The smallest absolute Gasteiger partial charge is 0.322 e. The Morgan fingerprint density at radius 1 is 0.759 bits per heavy atom. The van der Waals surface area contributed by atoms with Crippen molar-refractivity contribution in [2.45, 2.75) is 23.2 Å². The summed E-state index contributed by atoms with van der Waals surface area (Å²) in [6.45, 7) is 0. The first-order valence-corrected chi connectivity index (χ1v) is 10.2. The summed E-state index contributed by atoms with van der Waals surface area (Å²) in [6.07, 6.45) is -4.81. The predicted molar refractivity (Wildman–Crippen MR) is 104 cm³/mol. The predicted octanol–water partition coefficient (Wildman–Crippen LogP) is 4.43. The lowest BCUT2D eigenvalue weighted by Crippen LogP contribution is -2.36. The number of sulfonamides is 1. The summed E-state index contributed by atoms with van der Waals surface area (Å²) < 4.78 is 68.3. The molecule has 3 rings (SSSR count). The van der Waals surface area contributed by atoms with Gasteiger partial charge in [0, 0.05) is 0 Å². The van der Waals surface area contributed by atoms with Gasteiger partial charge in [0.05, 0.1) is 22.5 Å². The highest BCUT2D eigenvalue weighted by molar-refractivity contribution is 7.89. The van der Waals surface area contributed by atoms with Crippen molar-refractivity contribution in [2.75, 3.05) is 0 Å². The molecule has 0 fully saturated rings. The summed E-state index contributed by atoms with van der Waals surface area (Å²) in [7, 11) is -4.52. The van der Waals surface area contributed by atoms with Crippen LogP contribution in [0.4, 0.5) is 13.2 Å². The lowest BCUT2D eigenvalue weighted by Gasteiger charge is -2.26. The second kappa shape index (κ2) is 8.36. The van der Waals surface area contributed by atoms with Crippen LogP contribution in [-0.4, -0.2) is 8.42 Å². The van der Waals surface area contributed by atoms with Gasteiger partial charge in [0.2, 0.25) is 10.0 Å². The second-order valence-corrected chi connectivity index (χ2v) is 8.12. The number of nitrogens with one attached hydrogen (secondary N) is 1. The van der Waals surface area contributed by atoms with Crippen molar-refractivity contribution in [3.05, 3.63) is 102 Å². The second-order valence-electron chi connectivity index (χ2n) is 6.44. The van der Waals surface area contributed by atoms with E-state index in [4.69, 9.17) is 5.73 Å². The molecule has 0 saturated heterocycles. The summed E-state index contributed by atoms with van der Waals surface area (Å²) in [5.41, 5.74) is 6.29. The van der Waals surface area contributed by atoms with Crippen molar-refractivity contribution in [1.29, 1.82) is 0 Å². The van der Waals surface area contributed by atoms with E-state index in [2.05, 4.69) is 4.72 Å². The van der Waals surface area contributed by atoms with E-state index in [0.29, 0.717) is 11.1 Å². The van der Waals surface area contributed by atoms with E-state index < -0.39 is 38.7 Å². The zero-order valence-corrected chi connectivity index (χ0v) is 16.0. The quantitative estimate of drug-likeness (QED) is 0.620. The number of rotatable bonds is 6. The van der Waals surface area contributed by atoms with Crippen molar-refractivity contribution in [3.63, 3.8) is 0 Å². The molecule has 0 radical (unpaired) electrons. The van der Waals surface area contributed by atoms with Gasteiger partial charge in [0.25, 0.3) is 0 Å². The van der Waals surface area contributed by atoms with Crippen LogP contribution in [-0.2, 0) is 16.2 Å². The fourth-order valence-corrected chi connectivity index (χ4v) is 4.52. The Hall–Kier alpha value is -2.68. The molecule has 0 aliphatic carbocycles. The van der Waals surface area contributed by atoms with Crippen LogP contribution in [0, 0.1) is 0 Å². The summed E-state index contributed by atoms with van der Waals surface area (Å²) >= 11 is 0. The molecule has 0 saturated carbocycles. The van der Waals surface area contributed by atoms with Crippen LogP contribution in [0.15, 0.2) is 89.8 Å². The third-order valence-electron chi connectivity index (χ3n) is 4.47. The maximum atomic E-state index is 13.3. The normalized spacial score (nSPS) is 14.3. The summed E-state index contributed by atoms with van der Waals surface area (Å²) in [5, 5.41) is 0. The zero-order valence-electron chi connectivity index (χ0n) is 15.2. The van der Waals surface area contributed by atoms with E-state index in [-0.39, 0.29) is 0 Å². The van der Waals surface area contributed by atoms with Crippen molar-refractivity contribution in [2.24, 2.45) is 5.73 Å². The Morgan fingerprint density at radius 3 is 1.79 bits per heavy atom. The maximum absolute atomic E-state index is 13.3. The minimum atomic E-state index is -4.81. The van der Waals surface area contributed by atoms with Gasteiger partial charge >= 0.3 is 6.18 Å². The van der Waals surface area contributed by atoms with Gasteiger partial charge in [0.15, 0.2) is 0 Å². The van der Waals surface area contributed by atoms with E-state index in [0.717, 1.165) is 18.2 Å². The molecule has 0 aliphatic heterocycles. The molecular formula is C21H19F3N2O2S. The van der Waals surface area contributed by atoms with Crippen LogP contribution < -0.4 is 10.5 Å². The van der Waals surface area contributed by atoms with Crippen LogP contribution in [0.1, 0.15) is 28.8 Å². The highest BCUT2D eigenvalue weighted by atomic mass is 32.2. The number of nitrogens with two attached hydrogens (primary N) is 1. The lowest BCUT2D eigenvalue weighted by molar-refractivity contribution is -0.139. The topological polar surface area (TPSA) is 72.2 Å². The third kappa shape index (κ3) is 4.84. The summed E-state index contributed by atoms with van der Waals surface area (Å²) in [4.78, 5) is -0.839. The minimum absolute atomic E-state index is 0.539. The van der Waals surface area contributed by atoms with Crippen LogP contribution in [0.2, 0.25) is 0 Å². The fourth-order valence-electron chi connectivity index (χ4n) is 3.04. The Labute approximate surface area is 167 Å². The fraction of sp³-hybridized carbons (Fsp3) is 0.143. The Kier molecular flexibility index (Phi) is 6.07. The molecule has 29 heavy (non-hydrogen) atoms. The van der Waals surface area contributed by atoms with Crippen LogP contribution in [0.5, 0.6) is 0 Å². The average Bonchev–Trinajstić information content (AvgIpc) is 2.72. The van der Waals surface area contributed by atoms with Gasteiger partial charge in [-0.2, -0.15) is 13.2 Å². The van der Waals surface area contributed by atoms with E-state index in [1.54, 1.807) is 60.7 Å². The molecule has 0 amide bonds. The molecule has 4 nitrogen and oxygen atoms in total. The Balaban J connectivity index is 2.05. The van der Waals surface area contributed by atoms with E-state index >= 15 is 0 Å². The molecule has 3 aromatic rings. The van der Waals surface area contributed by atoms with Crippen LogP contribution >= 0.6 is 0 Å². The monoisotopic (exact) mass is 420 g/mol. The first-order chi connectivity index (χ1) is 13.7. The SMILES string of the molecule is NC(c1ccccc1)C(NS(=O)(=O)c1ccccc1C(F)(F)F)c1ccccc1. The maximum Gasteiger partial charge on any atom is 0.417 e. The Bertz CT molecular complexity index is 1060. The van der Waals surface area contributed by atoms with Gasteiger partial charge in [-0.05, 0) is 23.3 Å². The van der Waals surface area contributed by atoms with Gasteiger partial charge in [-0.3, -0.25) is 0 Å². The van der Waals surface area contributed by atoms with Gasteiger partial charge in [-0.15, -0.1) is 0 Å². The molecule has 152 valence electrons. The molecule has 0 bridgehead atoms. The molecular weight excluding hydrogens is 401 g/mol. The molecule has 3 N–H and O–H groups in total. The first kappa shape index (κ1) is 21.0. The van der Waals surface area contributed by atoms with Gasteiger partial charge in [-0.1, -0.05) is 72.8 Å². The zero-order chi connectivity index (χ0) is 21.1. The molecule has 3 aromatic carbocycles. The first-order valence-electron chi connectivity index (χ1n) is 8.74. The number of alkyl halides is 3. The highest BCUT2D eigenvalue weighted by Crippen LogP contribution is 2.35. The van der Waals surface area contributed by atoms with E-state index in [9.17, 15) is 21.6 Å². The summed E-state index contributed by atoms with van der Waals surface area (Å²) in [6, 6.07) is 19.6. The van der Waals surface area contributed by atoms with E-state index in [1.165, 1.54) is 6.07 Å². The van der Waals surface area contributed by atoms with Gasteiger partial charge in [-0.25, -0.2) is 13.1 Å². The molecule has 0 heterocycles. The number of hydrogen-bond acceptors (Lipinski definition) is 3. The highest BCUT2D eigenvalue weighted by Gasteiger charge is 2.38. The van der Waals surface area contributed by atoms with Crippen molar-refractivity contribution >= 4 is 10.0 Å². The summed E-state index contributed by atoms with van der Waals surface area (Å²) in [5.74, 6) is 0. The minimum Gasteiger partial charge on any atom is -0.322 e. The standard InChI is InChI=1S/C21H19F3N2O2S/c22-21(23,24)17-13-7-8-14-18(17)29(27,28)26-20(16-11-5-2-6-12-16)19(25)15-9-3-1-4-10-15/h1-14,19-20,26H,25H2. The molecule has 0 aliphatic rings. The number of benzene rings is 3. The lowest BCUT2D eigenvalue weighted by atomic mass is 9.95. The van der Waals surface area contributed by atoms with Crippen LogP contribution in [0.3, 0.4) is 0 Å². The third-order valence-corrected chi connectivity index (χ3v) is 5.97. The van der Waals surface area contributed by atoms with Crippen LogP contribution in [0.25, 0.3) is 0 Å². The van der Waals surface area contributed by atoms with Gasteiger partial charge < -0.3 is 5.73 Å². The van der Waals surface area contributed by atoms with Gasteiger partial charge in [0.1, 0.15) is 0 Å². The molecule has 2 unspecified atom stereocenters. The largest absolute Gasteiger partial charge is 0.417 e. The molecule has 2 atom stereocenters. The molecule has 0 aromatic heterocycles.